The topological polar surface area (TPSA) is 41.0 Å². The Balaban J connectivity index is 1.36. The van der Waals surface area contributed by atoms with E-state index < -0.39 is 0 Å². The van der Waals surface area contributed by atoms with Crippen molar-refractivity contribution in [3.63, 3.8) is 0 Å². The molecule has 1 fully saturated rings. The van der Waals surface area contributed by atoms with Crippen molar-refractivity contribution in [3.05, 3.63) is 70.1 Å². The molecular weight excluding hydrogens is 322 g/mol. The highest BCUT2D eigenvalue weighted by Gasteiger charge is 2.23. The molecule has 1 aromatic heterocycles. The van der Waals surface area contributed by atoms with Gasteiger partial charge in [-0.3, -0.25) is 4.57 Å². The van der Waals surface area contributed by atoms with Crippen molar-refractivity contribution >= 4 is 11.0 Å². The maximum Gasteiger partial charge on any atom is 0.326 e. The van der Waals surface area contributed by atoms with E-state index in [2.05, 4.69) is 41.1 Å². The fourth-order valence-corrected chi connectivity index (χ4v) is 4.07. The smallest absolute Gasteiger partial charge is 0.306 e. The molecule has 0 amide bonds. The molecule has 26 heavy (non-hydrogen) atoms. The van der Waals surface area contributed by atoms with Crippen LogP contribution in [0.4, 0.5) is 0 Å². The number of benzene rings is 2. The van der Waals surface area contributed by atoms with Crippen molar-refractivity contribution in [2.45, 2.75) is 38.6 Å². The zero-order valence-corrected chi connectivity index (χ0v) is 15.4. The average molecular weight is 349 g/mol. The third kappa shape index (κ3) is 3.47. The molecule has 4 heteroatoms. The largest absolute Gasteiger partial charge is 0.326 e. The number of H-pyrrole nitrogens is 1. The molecule has 0 bridgehead atoms. The van der Waals surface area contributed by atoms with E-state index in [1.54, 1.807) is 0 Å². The van der Waals surface area contributed by atoms with Crippen LogP contribution in [-0.2, 0) is 12.8 Å². The fourth-order valence-electron chi connectivity index (χ4n) is 4.07. The number of hydrogen-bond donors (Lipinski definition) is 1. The molecule has 2 heterocycles. The lowest BCUT2D eigenvalue weighted by molar-refractivity contribution is 0.188. The second-order valence-corrected chi connectivity index (χ2v) is 7.31. The minimum atomic E-state index is 0.0284. The molecule has 0 spiro atoms. The van der Waals surface area contributed by atoms with Crippen LogP contribution < -0.4 is 5.69 Å². The van der Waals surface area contributed by atoms with Gasteiger partial charge in [-0.2, -0.15) is 0 Å². The van der Waals surface area contributed by atoms with Gasteiger partial charge in [-0.1, -0.05) is 43.3 Å². The summed E-state index contributed by atoms with van der Waals surface area (Å²) in [5, 5.41) is 0. The minimum Gasteiger partial charge on any atom is -0.306 e. The number of likely N-dealkylation sites (tertiary alicyclic amines) is 1. The molecule has 1 aliphatic heterocycles. The van der Waals surface area contributed by atoms with Gasteiger partial charge in [0.15, 0.2) is 0 Å². The van der Waals surface area contributed by atoms with Crippen LogP contribution >= 0.6 is 0 Å². The van der Waals surface area contributed by atoms with Crippen LogP contribution in [0.2, 0.25) is 0 Å². The number of aryl methyl sites for hydroxylation is 1. The van der Waals surface area contributed by atoms with Gasteiger partial charge in [0, 0.05) is 25.7 Å². The fraction of sp³-hybridized carbons (Fsp3) is 0.409. The predicted octanol–water partition coefficient (Wildman–Crippen LogP) is 3.77. The number of imidazole rings is 1. The average Bonchev–Trinajstić information content (AvgIpc) is 3.03. The lowest BCUT2D eigenvalue weighted by atomic mass is 10.0. The molecule has 1 N–H and O–H groups in total. The first-order chi connectivity index (χ1) is 12.7. The zero-order valence-electron chi connectivity index (χ0n) is 15.4. The van der Waals surface area contributed by atoms with Gasteiger partial charge in [0.1, 0.15) is 0 Å². The summed E-state index contributed by atoms with van der Waals surface area (Å²) in [5.74, 6) is 0. The third-order valence-corrected chi connectivity index (χ3v) is 5.69. The highest BCUT2D eigenvalue weighted by molar-refractivity contribution is 5.75. The number of piperidine rings is 1. The van der Waals surface area contributed by atoms with Gasteiger partial charge in [0.05, 0.1) is 11.0 Å². The summed E-state index contributed by atoms with van der Waals surface area (Å²) in [6.07, 6.45) is 4.27. The lowest BCUT2D eigenvalue weighted by Gasteiger charge is -2.32. The van der Waals surface area contributed by atoms with Crippen LogP contribution in [0, 0.1) is 0 Å². The quantitative estimate of drug-likeness (QED) is 0.762. The van der Waals surface area contributed by atoms with Crippen LogP contribution in [0.1, 0.15) is 36.9 Å². The van der Waals surface area contributed by atoms with Gasteiger partial charge in [0.2, 0.25) is 0 Å². The van der Waals surface area contributed by atoms with E-state index in [-0.39, 0.29) is 5.69 Å². The van der Waals surface area contributed by atoms with Gasteiger partial charge in [-0.25, -0.2) is 4.79 Å². The van der Waals surface area contributed by atoms with Crippen LogP contribution in [0.15, 0.2) is 53.3 Å². The molecule has 4 nitrogen and oxygen atoms in total. The van der Waals surface area contributed by atoms with Gasteiger partial charge < -0.3 is 9.88 Å². The number of fused-ring (bicyclic) bond motifs is 1. The Morgan fingerprint density at radius 1 is 1.00 bits per heavy atom. The van der Waals surface area contributed by atoms with E-state index in [9.17, 15) is 4.79 Å². The van der Waals surface area contributed by atoms with E-state index in [0.717, 1.165) is 56.4 Å². The first-order valence-corrected chi connectivity index (χ1v) is 9.74. The zero-order chi connectivity index (χ0) is 17.9. The number of nitrogens with zero attached hydrogens (tertiary/aromatic N) is 2. The Hall–Kier alpha value is -2.33. The Morgan fingerprint density at radius 3 is 2.42 bits per heavy atom. The predicted molar refractivity (Wildman–Crippen MR) is 107 cm³/mol. The first kappa shape index (κ1) is 17.1. The van der Waals surface area contributed by atoms with Crippen molar-refractivity contribution in [1.82, 2.24) is 14.5 Å². The van der Waals surface area contributed by atoms with Crippen molar-refractivity contribution in [1.29, 1.82) is 0 Å². The summed E-state index contributed by atoms with van der Waals surface area (Å²) in [6, 6.07) is 17.3. The number of hydrogen-bond acceptors (Lipinski definition) is 2. The highest BCUT2D eigenvalue weighted by Crippen LogP contribution is 2.24. The van der Waals surface area contributed by atoms with E-state index in [0.29, 0.717) is 6.04 Å². The lowest BCUT2D eigenvalue weighted by Crippen LogP contribution is -2.37. The summed E-state index contributed by atoms with van der Waals surface area (Å²) in [6.45, 7) is 5.41. The molecule has 1 saturated heterocycles. The van der Waals surface area contributed by atoms with Crippen LogP contribution in [-0.4, -0.2) is 34.1 Å². The molecule has 4 rings (SSSR count). The second-order valence-electron chi connectivity index (χ2n) is 7.31. The molecule has 136 valence electrons. The Bertz CT molecular complexity index is 914. The van der Waals surface area contributed by atoms with Crippen LogP contribution in [0.3, 0.4) is 0 Å². The highest BCUT2D eigenvalue weighted by atomic mass is 16.1. The summed E-state index contributed by atoms with van der Waals surface area (Å²) in [4.78, 5) is 17.9. The summed E-state index contributed by atoms with van der Waals surface area (Å²) < 4.78 is 1.97. The summed E-state index contributed by atoms with van der Waals surface area (Å²) in [5.41, 5.74) is 4.82. The number of para-hydroxylation sites is 2. The number of aromatic nitrogens is 2. The van der Waals surface area contributed by atoms with Gasteiger partial charge >= 0.3 is 5.69 Å². The number of nitrogens with one attached hydrogen (secondary N) is 1. The van der Waals surface area contributed by atoms with E-state index in [1.807, 2.05) is 28.8 Å². The summed E-state index contributed by atoms with van der Waals surface area (Å²) >= 11 is 0. The standard InChI is InChI=1S/C22H27N3O/c1-2-17-7-9-18(10-8-17)11-14-24-15-12-19(13-16-24)25-21-6-4-3-5-20(21)23-22(25)26/h3-10,19H,2,11-16H2,1H3,(H,23,26). The van der Waals surface area contributed by atoms with Crippen molar-refractivity contribution < 1.29 is 0 Å². The minimum absolute atomic E-state index is 0.0284. The first-order valence-electron chi connectivity index (χ1n) is 9.74. The SMILES string of the molecule is CCc1ccc(CCN2CCC(n3c(=O)[nH]c4ccccc43)CC2)cc1. The number of rotatable bonds is 5. The van der Waals surface area contributed by atoms with Crippen molar-refractivity contribution in [3.8, 4) is 0 Å². The van der Waals surface area contributed by atoms with Gasteiger partial charge in [0.25, 0.3) is 0 Å². The molecule has 0 saturated carbocycles. The summed E-state index contributed by atoms with van der Waals surface area (Å²) in [7, 11) is 0. The molecule has 0 atom stereocenters. The Morgan fingerprint density at radius 2 is 1.69 bits per heavy atom. The third-order valence-electron chi connectivity index (χ3n) is 5.69. The molecule has 0 aliphatic carbocycles. The van der Waals surface area contributed by atoms with E-state index >= 15 is 0 Å². The maximum atomic E-state index is 12.4. The van der Waals surface area contributed by atoms with Crippen molar-refractivity contribution in [2.75, 3.05) is 19.6 Å². The normalized spacial score (nSPS) is 16.3. The molecule has 1 aliphatic rings. The maximum absolute atomic E-state index is 12.4. The monoisotopic (exact) mass is 349 g/mol. The number of aromatic amines is 1. The van der Waals surface area contributed by atoms with Gasteiger partial charge in [-0.15, -0.1) is 0 Å². The van der Waals surface area contributed by atoms with Crippen LogP contribution in [0.5, 0.6) is 0 Å². The van der Waals surface area contributed by atoms with Crippen molar-refractivity contribution in [2.24, 2.45) is 0 Å². The van der Waals surface area contributed by atoms with Gasteiger partial charge in [-0.05, 0) is 48.9 Å². The van der Waals surface area contributed by atoms with E-state index in [4.69, 9.17) is 0 Å². The molecule has 0 unspecified atom stereocenters. The Kier molecular flexibility index (Phi) is 4.93. The van der Waals surface area contributed by atoms with Crippen LogP contribution in [0.25, 0.3) is 11.0 Å². The molecule has 2 aromatic carbocycles. The molecular formula is C22H27N3O. The van der Waals surface area contributed by atoms with E-state index in [1.165, 1.54) is 11.1 Å². The molecule has 0 radical (unpaired) electrons. The molecule has 3 aromatic rings. The Labute approximate surface area is 154 Å². The second kappa shape index (κ2) is 7.50.